The maximum absolute atomic E-state index is 12.1. The van der Waals surface area contributed by atoms with Crippen molar-refractivity contribution in [1.82, 2.24) is 0 Å². The van der Waals surface area contributed by atoms with Gasteiger partial charge < -0.3 is 9.53 Å². The molecule has 0 amide bonds. The van der Waals surface area contributed by atoms with E-state index >= 15 is 0 Å². The quantitative estimate of drug-likeness (QED) is 0.719. The zero-order chi connectivity index (χ0) is 14.6. The van der Waals surface area contributed by atoms with Gasteiger partial charge >= 0.3 is 5.97 Å². The number of ketones is 2. The Morgan fingerprint density at radius 1 is 1.37 bits per heavy atom. The lowest BCUT2D eigenvalue weighted by Crippen LogP contribution is -2.47. The third-order valence-corrected chi connectivity index (χ3v) is 4.59. The molecule has 0 bridgehead atoms. The summed E-state index contributed by atoms with van der Waals surface area (Å²) in [4.78, 5) is 34.9. The zero-order valence-electron chi connectivity index (χ0n) is 12.3. The van der Waals surface area contributed by atoms with E-state index in [4.69, 9.17) is 4.74 Å². The maximum Gasteiger partial charge on any atom is 0.312 e. The van der Waals surface area contributed by atoms with Gasteiger partial charge in [0.1, 0.15) is 11.6 Å². The molecule has 4 heteroatoms. The lowest BCUT2D eigenvalue weighted by atomic mass is 9.60. The predicted molar refractivity (Wildman–Crippen MR) is 71.6 cm³/mol. The van der Waals surface area contributed by atoms with Gasteiger partial charge in [0.2, 0.25) is 0 Å². The smallest absolute Gasteiger partial charge is 0.312 e. The molecule has 1 aliphatic carbocycles. The summed E-state index contributed by atoms with van der Waals surface area (Å²) in [6, 6.07) is 0. The van der Waals surface area contributed by atoms with Crippen LogP contribution in [0.4, 0.5) is 0 Å². The van der Waals surface area contributed by atoms with E-state index in [1.54, 1.807) is 6.92 Å². The molecule has 0 heterocycles. The second-order valence-corrected chi connectivity index (χ2v) is 5.91. The van der Waals surface area contributed by atoms with Crippen molar-refractivity contribution < 1.29 is 19.1 Å². The second-order valence-electron chi connectivity index (χ2n) is 5.91. The third-order valence-electron chi connectivity index (χ3n) is 4.59. The van der Waals surface area contributed by atoms with Crippen LogP contribution in [0, 0.1) is 17.3 Å². The molecule has 0 aromatic rings. The standard InChI is InChI=1S/C15H24O4/c1-10-8-13(17)9-12(7-5-6-11(2)16)15(10,3)14(18)19-4/h10,12H,5-9H2,1-4H3/t10-,12-,15-/m1/s1. The average molecular weight is 268 g/mol. The topological polar surface area (TPSA) is 60.4 Å². The molecule has 1 saturated carbocycles. The van der Waals surface area contributed by atoms with Gasteiger partial charge in [-0.1, -0.05) is 6.92 Å². The summed E-state index contributed by atoms with van der Waals surface area (Å²) < 4.78 is 4.94. The number of ether oxygens (including phenoxy) is 1. The minimum atomic E-state index is -0.612. The Hall–Kier alpha value is -1.19. The highest BCUT2D eigenvalue weighted by Crippen LogP contribution is 2.47. The van der Waals surface area contributed by atoms with Crippen molar-refractivity contribution in [3.05, 3.63) is 0 Å². The molecule has 0 saturated heterocycles. The van der Waals surface area contributed by atoms with Crippen molar-refractivity contribution in [2.45, 2.75) is 52.9 Å². The molecule has 0 spiro atoms. The Balaban J connectivity index is 2.84. The molecule has 0 aromatic carbocycles. The Labute approximate surface area is 114 Å². The van der Waals surface area contributed by atoms with Crippen molar-refractivity contribution in [3.63, 3.8) is 0 Å². The van der Waals surface area contributed by atoms with Crippen molar-refractivity contribution >= 4 is 17.5 Å². The molecule has 1 rings (SSSR count). The van der Waals surface area contributed by atoms with Gasteiger partial charge in [0.05, 0.1) is 12.5 Å². The van der Waals surface area contributed by atoms with Crippen LogP contribution in [0.25, 0.3) is 0 Å². The molecular weight excluding hydrogens is 244 g/mol. The van der Waals surface area contributed by atoms with Gasteiger partial charge in [0.25, 0.3) is 0 Å². The van der Waals surface area contributed by atoms with E-state index in [0.29, 0.717) is 19.3 Å². The first-order valence-corrected chi connectivity index (χ1v) is 6.91. The molecule has 0 radical (unpaired) electrons. The van der Waals surface area contributed by atoms with Gasteiger partial charge in [-0.25, -0.2) is 0 Å². The highest BCUT2D eigenvalue weighted by molar-refractivity contribution is 5.85. The summed E-state index contributed by atoms with van der Waals surface area (Å²) in [6.45, 7) is 5.40. The fraction of sp³-hybridized carbons (Fsp3) is 0.800. The summed E-state index contributed by atoms with van der Waals surface area (Å²) in [5, 5.41) is 0. The predicted octanol–water partition coefficient (Wildman–Crippen LogP) is 2.54. The average Bonchev–Trinajstić information content (AvgIpc) is 2.33. The van der Waals surface area contributed by atoms with Crippen LogP contribution < -0.4 is 0 Å². The van der Waals surface area contributed by atoms with Crippen LogP contribution in [-0.4, -0.2) is 24.6 Å². The molecule has 0 N–H and O–H groups in total. The van der Waals surface area contributed by atoms with E-state index in [9.17, 15) is 14.4 Å². The number of hydrogen-bond acceptors (Lipinski definition) is 4. The molecule has 108 valence electrons. The summed E-state index contributed by atoms with van der Waals surface area (Å²) >= 11 is 0. The van der Waals surface area contributed by atoms with Crippen LogP contribution >= 0.6 is 0 Å². The number of hydrogen-bond donors (Lipinski definition) is 0. The molecule has 19 heavy (non-hydrogen) atoms. The minimum absolute atomic E-state index is 0.0106. The van der Waals surface area contributed by atoms with E-state index in [2.05, 4.69) is 0 Å². The monoisotopic (exact) mass is 268 g/mol. The lowest BCUT2D eigenvalue weighted by molar-refractivity contribution is -0.163. The minimum Gasteiger partial charge on any atom is -0.469 e. The maximum atomic E-state index is 12.1. The molecule has 1 fully saturated rings. The summed E-state index contributed by atoms with van der Waals surface area (Å²) in [5.74, 6) is 0.0936. The van der Waals surface area contributed by atoms with Gasteiger partial charge in [0, 0.05) is 19.3 Å². The third kappa shape index (κ3) is 3.43. The molecule has 0 aromatic heterocycles. The van der Waals surface area contributed by atoms with Crippen LogP contribution in [0.1, 0.15) is 52.9 Å². The van der Waals surface area contributed by atoms with Gasteiger partial charge in [-0.3, -0.25) is 9.59 Å². The highest BCUT2D eigenvalue weighted by atomic mass is 16.5. The number of Topliss-reactive ketones (excluding diaryl/α,β-unsaturated/α-hetero) is 2. The van der Waals surface area contributed by atoms with E-state index < -0.39 is 5.41 Å². The van der Waals surface area contributed by atoms with E-state index in [1.807, 2.05) is 13.8 Å². The van der Waals surface area contributed by atoms with Gasteiger partial charge in [0.15, 0.2) is 0 Å². The molecule has 4 nitrogen and oxygen atoms in total. The Bertz CT molecular complexity index is 374. The van der Waals surface area contributed by atoms with Crippen LogP contribution in [-0.2, 0) is 19.1 Å². The van der Waals surface area contributed by atoms with Gasteiger partial charge in [-0.2, -0.15) is 0 Å². The highest BCUT2D eigenvalue weighted by Gasteiger charge is 2.50. The van der Waals surface area contributed by atoms with Crippen LogP contribution in [0.5, 0.6) is 0 Å². The molecule has 3 atom stereocenters. The largest absolute Gasteiger partial charge is 0.469 e. The zero-order valence-corrected chi connectivity index (χ0v) is 12.3. The van der Waals surface area contributed by atoms with Gasteiger partial charge in [-0.15, -0.1) is 0 Å². The number of rotatable bonds is 5. The van der Waals surface area contributed by atoms with E-state index in [1.165, 1.54) is 7.11 Å². The molecular formula is C15H24O4. The van der Waals surface area contributed by atoms with E-state index in [-0.39, 0.29) is 29.4 Å². The Kier molecular flexibility index (Phi) is 5.27. The van der Waals surface area contributed by atoms with Crippen LogP contribution in [0.2, 0.25) is 0 Å². The number of esters is 1. The summed E-state index contributed by atoms with van der Waals surface area (Å²) in [5.41, 5.74) is -0.612. The SMILES string of the molecule is COC(=O)[C@@]1(C)[C@H](CCCC(C)=O)CC(=O)C[C@H]1C. The van der Waals surface area contributed by atoms with Gasteiger partial charge in [-0.05, 0) is 38.5 Å². The number of carbonyl (C=O) groups excluding carboxylic acids is 3. The van der Waals surface area contributed by atoms with Crippen molar-refractivity contribution in [2.75, 3.05) is 7.11 Å². The van der Waals surface area contributed by atoms with Crippen LogP contribution in [0.3, 0.4) is 0 Å². The van der Waals surface area contributed by atoms with Crippen molar-refractivity contribution in [2.24, 2.45) is 17.3 Å². The Morgan fingerprint density at radius 2 is 2.00 bits per heavy atom. The first kappa shape index (κ1) is 15.9. The fourth-order valence-electron chi connectivity index (χ4n) is 3.11. The first-order chi connectivity index (χ1) is 8.82. The first-order valence-electron chi connectivity index (χ1n) is 6.91. The molecule has 1 aliphatic rings. The van der Waals surface area contributed by atoms with Crippen molar-refractivity contribution in [1.29, 1.82) is 0 Å². The van der Waals surface area contributed by atoms with E-state index in [0.717, 1.165) is 12.8 Å². The summed E-state index contributed by atoms with van der Waals surface area (Å²) in [7, 11) is 1.39. The Morgan fingerprint density at radius 3 is 2.53 bits per heavy atom. The number of methoxy groups -OCH3 is 1. The fourth-order valence-corrected chi connectivity index (χ4v) is 3.11. The normalized spacial score (nSPS) is 31.1. The van der Waals surface area contributed by atoms with Crippen molar-refractivity contribution in [3.8, 4) is 0 Å². The molecule has 0 unspecified atom stereocenters. The van der Waals surface area contributed by atoms with Crippen LogP contribution in [0.15, 0.2) is 0 Å². The second kappa shape index (κ2) is 6.31. The summed E-state index contributed by atoms with van der Waals surface area (Å²) in [6.07, 6.45) is 2.83. The molecule has 0 aliphatic heterocycles. The number of carbonyl (C=O) groups is 3. The lowest BCUT2D eigenvalue weighted by Gasteiger charge is -2.43.